The number of halogens is 3. The van der Waals surface area contributed by atoms with Gasteiger partial charge < -0.3 is 0 Å². The second-order valence-corrected chi connectivity index (χ2v) is 5.22. The number of carbonyl (C=O) groups excluding carboxylic acids is 1. The van der Waals surface area contributed by atoms with Crippen molar-refractivity contribution >= 4 is 33.3 Å². The minimum absolute atomic E-state index is 0.217. The molecule has 0 unspecified atom stereocenters. The summed E-state index contributed by atoms with van der Waals surface area (Å²) in [5.41, 5.74) is 0.713. The lowest BCUT2D eigenvalue weighted by Crippen LogP contribution is -2.12. The van der Waals surface area contributed by atoms with Crippen molar-refractivity contribution < 1.29 is 18.0 Å². The third-order valence-corrected chi connectivity index (χ3v) is 3.65. The Morgan fingerprint density at radius 3 is 2.64 bits per heavy atom. The van der Waals surface area contributed by atoms with Crippen LogP contribution in [0.25, 0.3) is 10.9 Å². The van der Waals surface area contributed by atoms with Gasteiger partial charge in [0.1, 0.15) is 0 Å². The van der Waals surface area contributed by atoms with Crippen LogP contribution in [0.15, 0.2) is 36.5 Å². The first kappa shape index (κ1) is 14.4. The van der Waals surface area contributed by atoms with Crippen LogP contribution in [0.5, 0.6) is 0 Å². The van der Waals surface area contributed by atoms with Crippen LogP contribution in [0.3, 0.4) is 0 Å². The third kappa shape index (κ3) is 2.75. The predicted molar refractivity (Wildman–Crippen MR) is 74.6 cm³/mol. The van der Waals surface area contributed by atoms with Crippen molar-refractivity contribution in [2.24, 2.45) is 0 Å². The monoisotopic (exact) mass is 324 g/mol. The number of hydrogen-bond donors (Lipinski definition) is 1. The molecule has 0 saturated carbocycles. The fraction of sp³-hybridized carbons (Fsp3) is 0.0769. The number of carbonyl (C=O) groups is 1. The average Bonchev–Trinajstić information content (AvgIpc) is 2.95. The van der Waals surface area contributed by atoms with E-state index in [1.807, 2.05) is 0 Å². The Balaban J connectivity index is 1.89. The molecule has 2 heterocycles. The smallest absolute Gasteiger partial charge is 0.296 e. The van der Waals surface area contributed by atoms with E-state index in [9.17, 15) is 18.0 Å². The second kappa shape index (κ2) is 5.34. The maximum atomic E-state index is 12.5. The fourth-order valence-electron chi connectivity index (χ4n) is 1.84. The van der Waals surface area contributed by atoms with E-state index in [1.54, 1.807) is 24.3 Å². The second-order valence-electron chi connectivity index (χ2n) is 4.24. The molecule has 0 aliphatic rings. The summed E-state index contributed by atoms with van der Waals surface area (Å²) in [6.45, 7) is 0. The number of fused-ring (bicyclic) bond motifs is 1. The predicted octanol–water partition coefficient (Wildman–Crippen LogP) is 3.36. The Hall–Kier alpha value is -2.55. The zero-order chi connectivity index (χ0) is 15.7. The van der Waals surface area contributed by atoms with Crippen LogP contribution in [0.2, 0.25) is 0 Å². The van der Waals surface area contributed by atoms with Gasteiger partial charge in [-0.15, -0.1) is 10.2 Å². The van der Waals surface area contributed by atoms with Gasteiger partial charge in [0.2, 0.25) is 10.1 Å². The van der Waals surface area contributed by atoms with E-state index in [0.717, 1.165) is 5.39 Å². The van der Waals surface area contributed by atoms with E-state index in [2.05, 4.69) is 20.5 Å². The number of pyridine rings is 1. The molecule has 2 aromatic heterocycles. The SMILES string of the molecule is O=C(Nc1nnc(C(F)(F)F)s1)c1cccc2cccnc12. The summed E-state index contributed by atoms with van der Waals surface area (Å²) in [5.74, 6) is -0.589. The molecular weight excluding hydrogens is 317 g/mol. The van der Waals surface area contributed by atoms with Crippen molar-refractivity contribution in [1.29, 1.82) is 0 Å². The molecule has 1 aromatic carbocycles. The molecule has 5 nitrogen and oxygen atoms in total. The Morgan fingerprint density at radius 2 is 1.91 bits per heavy atom. The van der Waals surface area contributed by atoms with Crippen LogP contribution in [0.1, 0.15) is 15.4 Å². The number of hydrogen-bond acceptors (Lipinski definition) is 5. The Morgan fingerprint density at radius 1 is 1.14 bits per heavy atom. The molecule has 0 aliphatic heterocycles. The summed E-state index contributed by atoms with van der Waals surface area (Å²) in [6, 6.07) is 8.50. The molecule has 1 N–H and O–H groups in total. The largest absolute Gasteiger partial charge is 0.445 e. The van der Waals surface area contributed by atoms with Crippen molar-refractivity contribution in [1.82, 2.24) is 15.2 Å². The summed E-state index contributed by atoms with van der Waals surface area (Å²) in [6.07, 6.45) is -3.05. The number of rotatable bonds is 2. The minimum atomic E-state index is -4.58. The number of benzene rings is 1. The normalized spacial score (nSPS) is 11.6. The van der Waals surface area contributed by atoms with Gasteiger partial charge in [-0.05, 0) is 12.1 Å². The molecule has 9 heteroatoms. The van der Waals surface area contributed by atoms with E-state index >= 15 is 0 Å². The lowest BCUT2D eigenvalue weighted by atomic mass is 10.1. The van der Waals surface area contributed by atoms with E-state index < -0.39 is 17.1 Å². The van der Waals surface area contributed by atoms with E-state index in [4.69, 9.17) is 0 Å². The summed E-state index contributed by atoms with van der Waals surface area (Å²) >= 11 is 0.269. The topological polar surface area (TPSA) is 67.8 Å². The number of nitrogens with one attached hydrogen (secondary N) is 1. The first-order chi connectivity index (χ1) is 10.4. The number of alkyl halides is 3. The molecule has 0 bridgehead atoms. The third-order valence-electron chi connectivity index (χ3n) is 2.77. The molecule has 0 aliphatic carbocycles. The molecular formula is C13H7F3N4OS. The molecule has 3 aromatic rings. The van der Waals surface area contributed by atoms with Crippen molar-refractivity contribution in [2.45, 2.75) is 6.18 Å². The molecule has 112 valence electrons. The van der Waals surface area contributed by atoms with Gasteiger partial charge >= 0.3 is 6.18 Å². The summed E-state index contributed by atoms with van der Waals surface area (Å²) in [5, 5.41) is 8.07. The molecule has 3 rings (SSSR count). The van der Waals surface area contributed by atoms with Gasteiger partial charge in [0, 0.05) is 11.6 Å². The average molecular weight is 324 g/mol. The standard InChI is InChI=1S/C13H7F3N4OS/c14-13(15,16)11-19-20-12(22-11)18-10(21)8-5-1-3-7-4-2-6-17-9(7)8/h1-6H,(H,18,20,21). The Kier molecular flexibility index (Phi) is 3.49. The zero-order valence-corrected chi connectivity index (χ0v) is 11.6. The molecule has 0 fully saturated rings. The van der Waals surface area contributed by atoms with Crippen LogP contribution in [0.4, 0.5) is 18.3 Å². The first-order valence-electron chi connectivity index (χ1n) is 6.01. The summed E-state index contributed by atoms with van der Waals surface area (Å²) in [4.78, 5) is 16.3. The minimum Gasteiger partial charge on any atom is -0.296 e. The van der Waals surface area contributed by atoms with E-state index in [1.165, 1.54) is 12.3 Å². The number of aromatic nitrogens is 3. The van der Waals surface area contributed by atoms with Gasteiger partial charge in [0.05, 0.1) is 11.1 Å². The van der Waals surface area contributed by atoms with Gasteiger partial charge in [-0.25, -0.2) is 0 Å². The quantitative estimate of drug-likeness (QED) is 0.785. The number of amides is 1. The van der Waals surface area contributed by atoms with Crippen LogP contribution in [-0.4, -0.2) is 21.1 Å². The van der Waals surface area contributed by atoms with E-state index in [-0.39, 0.29) is 22.0 Å². The van der Waals surface area contributed by atoms with Crippen molar-refractivity contribution in [3.63, 3.8) is 0 Å². The highest BCUT2D eigenvalue weighted by Gasteiger charge is 2.35. The highest BCUT2D eigenvalue weighted by molar-refractivity contribution is 7.15. The van der Waals surface area contributed by atoms with Gasteiger partial charge in [0.15, 0.2) is 0 Å². The molecule has 0 radical (unpaired) electrons. The summed E-state index contributed by atoms with van der Waals surface area (Å²) < 4.78 is 37.4. The van der Waals surface area contributed by atoms with Crippen molar-refractivity contribution in [2.75, 3.05) is 5.32 Å². The first-order valence-corrected chi connectivity index (χ1v) is 6.82. The molecule has 0 saturated heterocycles. The zero-order valence-electron chi connectivity index (χ0n) is 10.8. The van der Waals surface area contributed by atoms with Gasteiger partial charge in [-0.1, -0.05) is 29.5 Å². The van der Waals surface area contributed by atoms with Gasteiger partial charge in [-0.3, -0.25) is 15.1 Å². The van der Waals surface area contributed by atoms with Crippen LogP contribution < -0.4 is 5.32 Å². The van der Waals surface area contributed by atoms with Gasteiger partial charge in [0.25, 0.3) is 5.91 Å². The number of nitrogens with zero attached hydrogens (tertiary/aromatic N) is 3. The summed E-state index contributed by atoms with van der Waals surface area (Å²) in [7, 11) is 0. The van der Waals surface area contributed by atoms with Crippen molar-refractivity contribution in [3.05, 3.63) is 47.1 Å². The molecule has 22 heavy (non-hydrogen) atoms. The number of anilines is 1. The maximum absolute atomic E-state index is 12.5. The highest BCUT2D eigenvalue weighted by atomic mass is 32.1. The van der Waals surface area contributed by atoms with Crippen LogP contribution in [-0.2, 0) is 6.18 Å². The molecule has 0 spiro atoms. The van der Waals surface area contributed by atoms with Crippen LogP contribution >= 0.6 is 11.3 Å². The van der Waals surface area contributed by atoms with Gasteiger partial charge in [-0.2, -0.15) is 13.2 Å². The Bertz CT molecular complexity index is 841. The molecule has 1 amide bonds. The maximum Gasteiger partial charge on any atom is 0.445 e. The van der Waals surface area contributed by atoms with E-state index in [0.29, 0.717) is 5.52 Å². The van der Waals surface area contributed by atoms with Crippen molar-refractivity contribution in [3.8, 4) is 0 Å². The molecule has 0 atom stereocenters. The number of para-hydroxylation sites is 1. The Labute approximate surface area is 125 Å². The lowest BCUT2D eigenvalue weighted by Gasteiger charge is -2.04. The van der Waals surface area contributed by atoms with Crippen LogP contribution in [0, 0.1) is 0 Å². The highest BCUT2D eigenvalue weighted by Crippen LogP contribution is 2.33. The fourth-order valence-corrected chi connectivity index (χ4v) is 2.45. The lowest BCUT2D eigenvalue weighted by molar-refractivity contribution is -0.138.